The number of hydrogen-bond donors (Lipinski definition) is 1. The molecule has 0 aliphatic rings. The van der Waals surface area contributed by atoms with E-state index >= 15 is 0 Å². The molecule has 0 aromatic heterocycles. The Morgan fingerprint density at radius 2 is 2.00 bits per heavy atom. The van der Waals surface area contributed by atoms with Crippen molar-refractivity contribution in [1.29, 1.82) is 5.26 Å². The topological polar surface area (TPSA) is 70.0 Å². The normalized spacial score (nSPS) is 11.2. The summed E-state index contributed by atoms with van der Waals surface area (Å²) in [6, 6.07) is 8.80. The summed E-state index contributed by atoms with van der Waals surface area (Å²) >= 11 is 1.80. The Kier molecular flexibility index (Phi) is 7.67. The third kappa shape index (κ3) is 6.42. The lowest BCUT2D eigenvalue weighted by Gasteiger charge is -2.07. The summed E-state index contributed by atoms with van der Waals surface area (Å²) in [6.45, 7) is 0.464. The van der Waals surface area contributed by atoms with Crippen molar-refractivity contribution in [3.8, 4) is 6.07 Å². The molecule has 0 aliphatic heterocycles. The lowest BCUT2D eigenvalue weighted by Crippen LogP contribution is -2.26. The first-order chi connectivity index (χ1) is 9.59. The summed E-state index contributed by atoms with van der Waals surface area (Å²) < 4.78 is 26.5. The Morgan fingerprint density at radius 1 is 1.25 bits per heavy atom. The maximum absolute atomic E-state index is 11.9. The Labute approximate surface area is 125 Å². The van der Waals surface area contributed by atoms with Crippen LogP contribution in [0.1, 0.15) is 30.4 Å². The van der Waals surface area contributed by atoms with Crippen LogP contribution in [0.4, 0.5) is 0 Å². The molecule has 0 unspecified atom stereocenters. The standard InChI is InChI=1S/C14H20N2O2S2/c1-19-10-6-2-5-9-16-20(17,18)12-14-8-4-3-7-13(14)11-15/h3-4,7-8,16H,2,5-6,9-10,12H2,1H3. The van der Waals surface area contributed by atoms with Gasteiger partial charge in [-0.3, -0.25) is 0 Å². The van der Waals surface area contributed by atoms with Crippen molar-refractivity contribution >= 4 is 21.8 Å². The van der Waals surface area contributed by atoms with Crippen LogP contribution in [0, 0.1) is 11.3 Å². The monoisotopic (exact) mass is 312 g/mol. The predicted octanol–water partition coefficient (Wildman–Crippen LogP) is 2.51. The lowest BCUT2D eigenvalue weighted by atomic mass is 10.1. The molecule has 1 aromatic rings. The quantitative estimate of drug-likeness (QED) is 0.711. The van der Waals surface area contributed by atoms with E-state index in [0.29, 0.717) is 17.7 Å². The highest BCUT2D eigenvalue weighted by Gasteiger charge is 2.13. The molecular weight excluding hydrogens is 292 g/mol. The van der Waals surface area contributed by atoms with Gasteiger partial charge in [0, 0.05) is 6.54 Å². The molecule has 0 saturated heterocycles. The zero-order chi connectivity index (χ0) is 14.8. The summed E-state index contributed by atoms with van der Waals surface area (Å²) in [7, 11) is -3.37. The Hall–Kier alpha value is -1.03. The molecule has 110 valence electrons. The van der Waals surface area contributed by atoms with E-state index in [9.17, 15) is 8.42 Å². The highest BCUT2D eigenvalue weighted by molar-refractivity contribution is 7.98. The fraction of sp³-hybridized carbons (Fsp3) is 0.500. The van der Waals surface area contributed by atoms with Gasteiger partial charge in [-0.1, -0.05) is 24.6 Å². The maximum Gasteiger partial charge on any atom is 0.215 e. The average molecular weight is 312 g/mol. The van der Waals surface area contributed by atoms with Crippen LogP contribution < -0.4 is 4.72 Å². The van der Waals surface area contributed by atoms with Crippen molar-refractivity contribution in [2.24, 2.45) is 0 Å². The molecule has 0 spiro atoms. The summed E-state index contributed by atoms with van der Waals surface area (Å²) in [5, 5.41) is 8.94. The fourth-order valence-electron chi connectivity index (χ4n) is 1.79. The Bertz CT molecular complexity index is 551. The summed E-state index contributed by atoms with van der Waals surface area (Å²) in [5.41, 5.74) is 0.961. The van der Waals surface area contributed by atoms with Crippen LogP contribution in [-0.4, -0.2) is 27.0 Å². The van der Waals surface area contributed by atoms with Crippen molar-refractivity contribution in [3.05, 3.63) is 35.4 Å². The molecule has 0 heterocycles. The minimum absolute atomic E-state index is 0.137. The molecule has 6 heteroatoms. The largest absolute Gasteiger partial charge is 0.215 e. The number of benzene rings is 1. The number of hydrogen-bond acceptors (Lipinski definition) is 4. The second-order valence-electron chi connectivity index (χ2n) is 4.48. The molecule has 0 aliphatic carbocycles. The molecule has 0 radical (unpaired) electrons. The van der Waals surface area contributed by atoms with Crippen molar-refractivity contribution < 1.29 is 8.42 Å². The van der Waals surface area contributed by atoms with Gasteiger partial charge in [-0.25, -0.2) is 13.1 Å². The van der Waals surface area contributed by atoms with E-state index in [4.69, 9.17) is 5.26 Å². The molecule has 4 nitrogen and oxygen atoms in total. The van der Waals surface area contributed by atoms with Gasteiger partial charge in [0.25, 0.3) is 0 Å². The van der Waals surface area contributed by atoms with E-state index < -0.39 is 10.0 Å². The summed E-state index contributed by atoms with van der Waals surface area (Å²) in [4.78, 5) is 0. The molecule has 0 amide bonds. The highest BCUT2D eigenvalue weighted by atomic mass is 32.2. The minimum atomic E-state index is -3.37. The number of rotatable bonds is 9. The lowest BCUT2D eigenvalue weighted by molar-refractivity contribution is 0.575. The van der Waals surface area contributed by atoms with Crippen LogP contribution >= 0.6 is 11.8 Å². The second kappa shape index (κ2) is 9.01. The molecule has 0 bridgehead atoms. The molecule has 1 aromatic carbocycles. The number of nitrogens with one attached hydrogen (secondary N) is 1. The molecule has 0 atom stereocenters. The molecule has 1 N–H and O–H groups in total. The van der Waals surface area contributed by atoms with E-state index in [1.54, 1.807) is 36.0 Å². The van der Waals surface area contributed by atoms with Crippen molar-refractivity contribution in [1.82, 2.24) is 4.72 Å². The van der Waals surface area contributed by atoms with E-state index in [0.717, 1.165) is 25.0 Å². The van der Waals surface area contributed by atoms with Crippen LogP contribution in [0.15, 0.2) is 24.3 Å². The van der Waals surface area contributed by atoms with Gasteiger partial charge in [-0.2, -0.15) is 17.0 Å². The number of nitriles is 1. The maximum atomic E-state index is 11.9. The third-order valence-corrected chi connectivity index (χ3v) is 4.86. The third-order valence-electron chi connectivity index (χ3n) is 2.83. The van der Waals surface area contributed by atoms with E-state index in [1.165, 1.54) is 0 Å². The van der Waals surface area contributed by atoms with Crippen LogP contribution in [0.2, 0.25) is 0 Å². The zero-order valence-corrected chi connectivity index (χ0v) is 13.3. The first-order valence-electron chi connectivity index (χ1n) is 6.53. The smallest absolute Gasteiger partial charge is 0.215 e. The van der Waals surface area contributed by atoms with Crippen LogP contribution in [-0.2, 0) is 15.8 Å². The number of sulfonamides is 1. The predicted molar refractivity (Wildman–Crippen MR) is 84.0 cm³/mol. The van der Waals surface area contributed by atoms with Crippen LogP contribution in [0.25, 0.3) is 0 Å². The number of unbranched alkanes of at least 4 members (excludes halogenated alkanes) is 2. The molecule has 0 saturated carbocycles. The molecule has 1 rings (SSSR count). The van der Waals surface area contributed by atoms with Gasteiger partial charge in [-0.05, 0) is 36.5 Å². The SMILES string of the molecule is CSCCCCCNS(=O)(=O)Cc1ccccc1C#N. The fourth-order valence-corrected chi connectivity index (χ4v) is 3.50. The Morgan fingerprint density at radius 3 is 2.70 bits per heavy atom. The van der Waals surface area contributed by atoms with Gasteiger partial charge in [0.05, 0.1) is 17.4 Å². The van der Waals surface area contributed by atoms with Gasteiger partial charge in [0.2, 0.25) is 10.0 Å². The van der Waals surface area contributed by atoms with Crippen LogP contribution in [0.3, 0.4) is 0 Å². The summed E-state index contributed by atoms with van der Waals surface area (Å²) in [6.07, 6.45) is 5.05. The minimum Gasteiger partial charge on any atom is -0.215 e. The van der Waals surface area contributed by atoms with Crippen molar-refractivity contribution in [3.63, 3.8) is 0 Å². The van der Waals surface area contributed by atoms with E-state index in [1.807, 2.05) is 6.07 Å². The van der Waals surface area contributed by atoms with Crippen molar-refractivity contribution in [2.75, 3.05) is 18.6 Å². The van der Waals surface area contributed by atoms with Gasteiger partial charge >= 0.3 is 0 Å². The number of nitrogens with zero attached hydrogens (tertiary/aromatic N) is 1. The van der Waals surface area contributed by atoms with Gasteiger partial charge in [-0.15, -0.1) is 0 Å². The van der Waals surface area contributed by atoms with Gasteiger partial charge in [0.15, 0.2) is 0 Å². The highest BCUT2D eigenvalue weighted by Crippen LogP contribution is 2.11. The van der Waals surface area contributed by atoms with E-state index in [-0.39, 0.29) is 5.75 Å². The van der Waals surface area contributed by atoms with Gasteiger partial charge < -0.3 is 0 Å². The molecule has 0 fully saturated rings. The average Bonchev–Trinajstić information content (AvgIpc) is 2.43. The molecule has 20 heavy (non-hydrogen) atoms. The first kappa shape index (κ1) is 17.0. The van der Waals surface area contributed by atoms with Gasteiger partial charge in [0.1, 0.15) is 0 Å². The number of thioether (sulfide) groups is 1. The van der Waals surface area contributed by atoms with Crippen molar-refractivity contribution in [2.45, 2.75) is 25.0 Å². The first-order valence-corrected chi connectivity index (χ1v) is 9.58. The zero-order valence-electron chi connectivity index (χ0n) is 11.6. The summed E-state index contributed by atoms with van der Waals surface area (Å²) in [5.74, 6) is 0.976. The Balaban J connectivity index is 2.44. The second-order valence-corrected chi connectivity index (χ2v) is 7.27. The van der Waals surface area contributed by atoms with Crippen LogP contribution in [0.5, 0.6) is 0 Å². The molecular formula is C14H20N2O2S2. The van der Waals surface area contributed by atoms with E-state index in [2.05, 4.69) is 11.0 Å².